The molecule has 178 valence electrons. The number of carbonyl (C=O) groups is 2. The Labute approximate surface area is 196 Å². The van der Waals surface area contributed by atoms with Gasteiger partial charge in [-0.3, -0.25) is 18.9 Å². The van der Waals surface area contributed by atoms with E-state index in [0.717, 1.165) is 38.3 Å². The van der Waals surface area contributed by atoms with Crippen molar-refractivity contribution in [3.8, 4) is 0 Å². The first-order valence-corrected chi connectivity index (χ1v) is 11.8. The van der Waals surface area contributed by atoms with E-state index < -0.39 is 17.2 Å². The van der Waals surface area contributed by atoms with Crippen molar-refractivity contribution in [2.24, 2.45) is 0 Å². The zero-order chi connectivity index (χ0) is 23.8. The van der Waals surface area contributed by atoms with Gasteiger partial charge >= 0.3 is 5.97 Å². The molecule has 0 bridgehead atoms. The molecule has 10 heteroatoms. The SMILES string of the molecule is COC(=O)c1ccc(CN(CCc2cccc(CN3CCN(C(C)=O)CC3)c2)S(=O)[O-])nc1. The highest BCUT2D eigenvalue weighted by molar-refractivity contribution is 7.76. The lowest BCUT2D eigenvalue weighted by Crippen LogP contribution is -2.47. The molecule has 2 heterocycles. The highest BCUT2D eigenvalue weighted by Gasteiger charge is 2.18. The number of methoxy groups -OCH3 is 1. The molecule has 3 rings (SSSR count). The molecule has 2 aromatic rings. The molecule has 0 aliphatic carbocycles. The Morgan fingerprint density at radius 2 is 1.88 bits per heavy atom. The van der Waals surface area contributed by atoms with Crippen LogP contribution in [0.5, 0.6) is 0 Å². The highest BCUT2D eigenvalue weighted by atomic mass is 32.2. The number of esters is 1. The third-order valence-electron chi connectivity index (χ3n) is 5.66. The van der Waals surface area contributed by atoms with Crippen LogP contribution in [0.4, 0.5) is 0 Å². The maximum absolute atomic E-state index is 11.7. The quantitative estimate of drug-likeness (QED) is 0.400. The van der Waals surface area contributed by atoms with Gasteiger partial charge in [0.05, 0.1) is 24.9 Å². The topological polar surface area (TPSA) is 106 Å². The second kappa shape index (κ2) is 12.0. The van der Waals surface area contributed by atoms with Crippen molar-refractivity contribution in [1.29, 1.82) is 0 Å². The van der Waals surface area contributed by atoms with Crippen molar-refractivity contribution < 1.29 is 23.1 Å². The molecule has 1 fully saturated rings. The van der Waals surface area contributed by atoms with E-state index in [1.165, 1.54) is 23.2 Å². The van der Waals surface area contributed by atoms with Crippen molar-refractivity contribution in [2.75, 3.05) is 39.8 Å². The Kier molecular flexibility index (Phi) is 9.07. The molecule has 0 spiro atoms. The number of pyridine rings is 1. The van der Waals surface area contributed by atoms with Gasteiger partial charge in [0.15, 0.2) is 0 Å². The lowest BCUT2D eigenvalue weighted by molar-refractivity contribution is -0.130. The number of ether oxygens (including phenoxy) is 1. The molecule has 33 heavy (non-hydrogen) atoms. The van der Waals surface area contributed by atoms with Crippen LogP contribution >= 0.6 is 0 Å². The van der Waals surface area contributed by atoms with Gasteiger partial charge in [-0.2, -0.15) is 0 Å². The standard InChI is InChI=1S/C23H30N4O5S/c1-18(28)26-12-10-25(11-13-26)16-20-5-3-4-19(14-20)8-9-27(33(30)31)17-22-7-6-21(15-24-22)23(29)32-2/h3-7,14-15H,8-13,16-17H2,1-2H3,(H,30,31)/p-1. The largest absolute Gasteiger partial charge is 0.760 e. The van der Waals surface area contributed by atoms with Gasteiger partial charge in [-0.15, -0.1) is 0 Å². The number of aromatic nitrogens is 1. The van der Waals surface area contributed by atoms with E-state index in [-0.39, 0.29) is 12.5 Å². The second-order valence-electron chi connectivity index (χ2n) is 7.96. The van der Waals surface area contributed by atoms with Gasteiger partial charge in [-0.1, -0.05) is 24.3 Å². The molecule has 1 amide bonds. The summed E-state index contributed by atoms with van der Waals surface area (Å²) in [6.07, 6.45) is 1.95. The van der Waals surface area contributed by atoms with E-state index in [4.69, 9.17) is 0 Å². The number of carbonyl (C=O) groups excluding carboxylic acids is 2. The fourth-order valence-electron chi connectivity index (χ4n) is 3.76. The number of hydrogen-bond donors (Lipinski definition) is 0. The van der Waals surface area contributed by atoms with Crippen LogP contribution in [-0.2, 0) is 40.3 Å². The summed E-state index contributed by atoms with van der Waals surface area (Å²) in [6.45, 7) is 6.01. The van der Waals surface area contributed by atoms with Gasteiger partial charge in [0.25, 0.3) is 0 Å². The van der Waals surface area contributed by atoms with Gasteiger partial charge in [-0.25, -0.2) is 9.10 Å². The lowest BCUT2D eigenvalue weighted by atomic mass is 10.1. The molecule has 1 aliphatic heterocycles. The minimum absolute atomic E-state index is 0.117. The zero-order valence-corrected chi connectivity index (χ0v) is 19.8. The molecule has 1 aromatic heterocycles. The normalized spacial score (nSPS) is 15.5. The molecule has 1 atom stereocenters. The summed E-state index contributed by atoms with van der Waals surface area (Å²) in [5.41, 5.74) is 3.08. The van der Waals surface area contributed by atoms with Gasteiger partial charge in [0.1, 0.15) is 0 Å². The Morgan fingerprint density at radius 3 is 2.48 bits per heavy atom. The molecule has 0 radical (unpaired) electrons. The third-order valence-corrected chi connectivity index (χ3v) is 6.39. The van der Waals surface area contributed by atoms with Crippen molar-refractivity contribution in [2.45, 2.75) is 26.4 Å². The fourth-order valence-corrected chi connectivity index (χ4v) is 4.24. The Morgan fingerprint density at radius 1 is 1.15 bits per heavy atom. The summed E-state index contributed by atoms with van der Waals surface area (Å²) in [7, 11) is 1.29. The monoisotopic (exact) mass is 473 g/mol. The summed E-state index contributed by atoms with van der Waals surface area (Å²) >= 11 is -2.40. The first-order chi connectivity index (χ1) is 15.9. The van der Waals surface area contributed by atoms with Gasteiger partial charge < -0.3 is 14.2 Å². The number of piperazine rings is 1. The molecule has 1 unspecified atom stereocenters. The number of rotatable bonds is 9. The molecular formula is C23H29N4O5S-. The van der Waals surface area contributed by atoms with Crippen LogP contribution < -0.4 is 0 Å². The average molecular weight is 474 g/mol. The van der Waals surface area contributed by atoms with Gasteiger partial charge in [-0.05, 0) is 29.7 Å². The van der Waals surface area contributed by atoms with Crippen molar-refractivity contribution in [1.82, 2.24) is 19.1 Å². The van der Waals surface area contributed by atoms with Crippen LogP contribution in [0.1, 0.15) is 34.1 Å². The predicted octanol–water partition coefficient (Wildman–Crippen LogP) is 1.37. The maximum Gasteiger partial charge on any atom is 0.339 e. The van der Waals surface area contributed by atoms with Crippen LogP contribution in [0.2, 0.25) is 0 Å². The maximum atomic E-state index is 11.7. The van der Waals surface area contributed by atoms with Crippen molar-refractivity contribution in [3.63, 3.8) is 0 Å². The Hall–Kier alpha value is -2.66. The fraction of sp³-hybridized carbons (Fsp3) is 0.435. The van der Waals surface area contributed by atoms with E-state index in [9.17, 15) is 18.4 Å². The summed E-state index contributed by atoms with van der Waals surface area (Å²) in [4.78, 5) is 31.4. The van der Waals surface area contributed by atoms with Crippen molar-refractivity contribution >= 4 is 23.1 Å². The number of benzene rings is 1. The predicted molar refractivity (Wildman–Crippen MR) is 123 cm³/mol. The Bertz CT molecular complexity index is 977. The van der Waals surface area contributed by atoms with Gasteiger partial charge in [0.2, 0.25) is 5.91 Å². The first kappa shape index (κ1) is 25.0. The van der Waals surface area contributed by atoms with E-state index in [0.29, 0.717) is 24.2 Å². The van der Waals surface area contributed by atoms with E-state index in [2.05, 4.69) is 26.8 Å². The van der Waals surface area contributed by atoms with Crippen molar-refractivity contribution in [3.05, 3.63) is 65.0 Å². The highest BCUT2D eigenvalue weighted by Crippen LogP contribution is 2.13. The third kappa shape index (κ3) is 7.43. The molecule has 0 N–H and O–H groups in total. The van der Waals surface area contributed by atoms with Crippen LogP contribution in [0.15, 0.2) is 42.6 Å². The Balaban J connectivity index is 1.54. The lowest BCUT2D eigenvalue weighted by Gasteiger charge is -2.34. The van der Waals surface area contributed by atoms with Crippen LogP contribution in [-0.4, -0.2) is 79.6 Å². The van der Waals surface area contributed by atoms with Gasteiger partial charge in [0, 0.05) is 63.7 Å². The van der Waals surface area contributed by atoms with Crippen LogP contribution in [0, 0.1) is 0 Å². The minimum atomic E-state index is -2.40. The zero-order valence-electron chi connectivity index (χ0n) is 18.9. The summed E-state index contributed by atoms with van der Waals surface area (Å²) < 4.78 is 29.4. The molecule has 9 nitrogen and oxygen atoms in total. The van der Waals surface area contributed by atoms with E-state index in [1.807, 2.05) is 17.0 Å². The number of amides is 1. The number of nitrogens with zero attached hydrogens (tertiary/aromatic N) is 4. The van der Waals surface area contributed by atoms with Crippen LogP contribution in [0.25, 0.3) is 0 Å². The molecule has 1 saturated heterocycles. The molecule has 0 saturated carbocycles. The molecule has 1 aromatic carbocycles. The summed E-state index contributed by atoms with van der Waals surface area (Å²) in [5.74, 6) is -0.370. The molecule has 1 aliphatic rings. The summed E-state index contributed by atoms with van der Waals surface area (Å²) in [5, 5.41) is 0. The molecular weight excluding hydrogens is 444 g/mol. The minimum Gasteiger partial charge on any atom is -0.760 e. The van der Waals surface area contributed by atoms with E-state index >= 15 is 0 Å². The van der Waals surface area contributed by atoms with E-state index in [1.54, 1.807) is 19.1 Å². The number of hydrogen-bond acceptors (Lipinski definition) is 7. The smallest absolute Gasteiger partial charge is 0.339 e. The summed E-state index contributed by atoms with van der Waals surface area (Å²) in [6, 6.07) is 11.3. The average Bonchev–Trinajstić information content (AvgIpc) is 2.82. The second-order valence-corrected chi connectivity index (χ2v) is 8.91. The van der Waals surface area contributed by atoms with Crippen LogP contribution in [0.3, 0.4) is 0 Å². The first-order valence-electron chi connectivity index (χ1n) is 10.8.